The number of nitrogen functional groups attached to an aromatic ring is 1. The summed E-state index contributed by atoms with van der Waals surface area (Å²) in [5.74, 6) is 0. The van der Waals surface area contributed by atoms with E-state index in [4.69, 9.17) is 5.73 Å². The summed E-state index contributed by atoms with van der Waals surface area (Å²) in [5, 5.41) is 7.67. The van der Waals surface area contributed by atoms with Gasteiger partial charge in [-0.2, -0.15) is 0 Å². The molecule has 0 radical (unpaired) electrons. The number of nitrogens with one attached hydrogen (secondary N) is 2. The number of hydrogen-bond donors (Lipinski definition) is 3. The molecule has 0 aliphatic rings. The molecular weight excluding hydrogens is 619 g/mol. The Bertz CT molecular complexity index is 2400. The van der Waals surface area contributed by atoms with Crippen LogP contribution >= 0.6 is 0 Å². The van der Waals surface area contributed by atoms with Gasteiger partial charge in [-0.25, -0.2) is 0 Å². The van der Waals surface area contributed by atoms with Gasteiger partial charge in [-0.15, -0.1) is 0 Å². The van der Waals surface area contributed by atoms with Crippen LogP contribution in [-0.2, 0) is 0 Å². The molecule has 0 fully saturated rings. The van der Waals surface area contributed by atoms with Gasteiger partial charge in [0.15, 0.2) is 0 Å². The molecule has 0 saturated heterocycles. The lowest BCUT2D eigenvalue weighted by molar-refractivity contribution is 1.49. The minimum absolute atomic E-state index is 0.724. The van der Waals surface area contributed by atoms with Crippen LogP contribution in [0.1, 0.15) is 0 Å². The Morgan fingerprint density at radius 2 is 0.647 bits per heavy atom. The summed E-state index contributed by atoms with van der Waals surface area (Å²) >= 11 is 0. The summed E-state index contributed by atoms with van der Waals surface area (Å²) in [6.07, 6.45) is 0. The second-order valence-corrected chi connectivity index (χ2v) is 12.5. The topological polar surface area (TPSA) is 50.1 Å². The van der Waals surface area contributed by atoms with Crippen molar-refractivity contribution in [2.45, 2.75) is 0 Å². The van der Waals surface area contributed by atoms with E-state index in [0.29, 0.717) is 0 Å². The Morgan fingerprint density at radius 3 is 1.24 bits per heavy atom. The number of anilines is 5. The summed E-state index contributed by atoms with van der Waals surface area (Å²) in [6, 6.07) is 69.6. The second-order valence-electron chi connectivity index (χ2n) is 12.5. The van der Waals surface area contributed by atoms with Crippen molar-refractivity contribution >= 4 is 28.4 Å². The smallest absolute Gasteiger partial charge is 0.0494 e. The van der Waals surface area contributed by atoms with Gasteiger partial charge in [0.1, 0.15) is 0 Å². The zero-order valence-electron chi connectivity index (χ0n) is 28.1. The van der Waals surface area contributed by atoms with Gasteiger partial charge in [-0.3, -0.25) is 0 Å². The van der Waals surface area contributed by atoms with Crippen LogP contribution in [0.2, 0.25) is 0 Å². The summed E-state index contributed by atoms with van der Waals surface area (Å²) in [6.45, 7) is 0. The fraction of sp³-hybridized carbons (Fsp3) is 0. The molecule has 244 valence electrons. The lowest BCUT2D eigenvalue weighted by Crippen LogP contribution is -2.03. The maximum absolute atomic E-state index is 7.25. The Labute approximate surface area is 299 Å². The Kier molecular flexibility index (Phi) is 8.83. The molecule has 0 aliphatic heterocycles. The highest BCUT2D eigenvalue weighted by molar-refractivity contribution is 6.02. The molecular formula is C48H37N3. The van der Waals surface area contributed by atoms with Crippen molar-refractivity contribution in [3.63, 3.8) is 0 Å². The number of nitrogens with two attached hydrogens (primary N) is 1. The van der Waals surface area contributed by atoms with Crippen LogP contribution < -0.4 is 16.4 Å². The molecule has 0 saturated carbocycles. The van der Waals surface area contributed by atoms with Crippen LogP contribution in [0.4, 0.5) is 28.4 Å². The van der Waals surface area contributed by atoms with Gasteiger partial charge in [-0.05, 0) is 57.6 Å². The molecule has 0 unspecified atom stereocenters. The predicted molar refractivity (Wildman–Crippen MR) is 217 cm³/mol. The quantitative estimate of drug-likeness (QED) is 0.136. The van der Waals surface area contributed by atoms with Crippen LogP contribution in [0.25, 0.3) is 55.6 Å². The maximum atomic E-state index is 7.25. The summed E-state index contributed by atoms with van der Waals surface area (Å²) in [7, 11) is 0. The number of hydrogen-bond acceptors (Lipinski definition) is 3. The van der Waals surface area contributed by atoms with Gasteiger partial charge in [0, 0.05) is 50.7 Å². The summed E-state index contributed by atoms with van der Waals surface area (Å²) in [5.41, 5.74) is 22.8. The fourth-order valence-electron chi connectivity index (χ4n) is 6.89. The van der Waals surface area contributed by atoms with Crippen LogP contribution in [0, 0.1) is 0 Å². The summed E-state index contributed by atoms with van der Waals surface area (Å²) < 4.78 is 0. The van der Waals surface area contributed by atoms with E-state index in [2.05, 4.69) is 193 Å². The monoisotopic (exact) mass is 655 g/mol. The highest BCUT2D eigenvalue weighted by Gasteiger charge is 2.19. The van der Waals surface area contributed by atoms with Crippen molar-refractivity contribution in [1.82, 2.24) is 0 Å². The van der Waals surface area contributed by atoms with Crippen LogP contribution in [0.15, 0.2) is 200 Å². The molecule has 0 amide bonds. The highest BCUT2D eigenvalue weighted by atomic mass is 14.9. The first-order chi connectivity index (χ1) is 25.2. The van der Waals surface area contributed by atoms with E-state index in [-0.39, 0.29) is 0 Å². The van der Waals surface area contributed by atoms with E-state index in [1.165, 1.54) is 0 Å². The van der Waals surface area contributed by atoms with Crippen LogP contribution in [0.3, 0.4) is 0 Å². The summed E-state index contributed by atoms with van der Waals surface area (Å²) in [4.78, 5) is 0. The zero-order chi connectivity index (χ0) is 34.4. The molecule has 0 atom stereocenters. The van der Waals surface area contributed by atoms with Crippen molar-refractivity contribution in [2.24, 2.45) is 0 Å². The Balaban J connectivity index is 1.27. The first-order valence-electron chi connectivity index (χ1n) is 17.2. The molecule has 0 spiro atoms. The van der Waals surface area contributed by atoms with Gasteiger partial charge in [0.25, 0.3) is 0 Å². The molecule has 8 aromatic carbocycles. The average Bonchev–Trinajstić information content (AvgIpc) is 3.20. The molecule has 0 heterocycles. The van der Waals surface area contributed by atoms with Gasteiger partial charge in [0.2, 0.25) is 0 Å². The van der Waals surface area contributed by atoms with E-state index in [9.17, 15) is 0 Å². The largest absolute Gasteiger partial charge is 0.398 e. The number of para-hydroxylation sites is 1. The molecule has 3 nitrogen and oxygen atoms in total. The van der Waals surface area contributed by atoms with Gasteiger partial charge in [-0.1, -0.05) is 176 Å². The van der Waals surface area contributed by atoms with Gasteiger partial charge >= 0.3 is 0 Å². The minimum Gasteiger partial charge on any atom is -0.398 e. The molecule has 8 aromatic rings. The van der Waals surface area contributed by atoms with E-state index < -0.39 is 0 Å². The zero-order valence-corrected chi connectivity index (χ0v) is 28.1. The third-order valence-corrected chi connectivity index (χ3v) is 9.29. The van der Waals surface area contributed by atoms with Crippen LogP contribution in [0.5, 0.6) is 0 Å². The van der Waals surface area contributed by atoms with E-state index in [0.717, 1.165) is 84.1 Å². The molecule has 0 aliphatic carbocycles. The first kappa shape index (κ1) is 31.4. The van der Waals surface area contributed by atoms with Crippen molar-refractivity contribution < 1.29 is 0 Å². The van der Waals surface area contributed by atoms with Crippen molar-refractivity contribution in [2.75, 3.05) is 16.4 Å². The third-order valence-electron chi connectivity index (χ3n) is 9.29. The lowest BCUT2D eigenvalue weighted by atomic mass is 9.90. The number of benzene rings is 8. The first-order valence-corrected chi connectivity index (χ1v) is 17.2. The molecule has 0 aromatic heterocycles. The van der Waals surface area contributed by atoms with Gasteiger partial charge < -0.3 is 16.4 Å². The molecule has 4 N–H and O–H groups in total. The van der Waals surface area contributed by atoms with Crippen molar-refractivity contribution in [3.8, 4) is 55.6 Å². The predicted octanol–water partition coefficient (Wildman–Crippen LogP) is 13.1. The van der Waals surface area contributed by atoms with E-state index >= 15 is 0 Å². The molecule has 3 heteroatoms. The van der Waals surface area contributed by atoms with Crippen molar-refractivity contribution in [3.05, 3.63) is 200 Å². The fourth-order valence-corrected chi connectivity index (χ4v) is 6.89. The van der Waals surface area contributed by atoms with E-state index in [1.807, 2.05) is 18.2 Å². The van der Waals surface area contributed by atoms with Crippen LogP contribution in [-0.4, -0.2) is 0 Å². The Hall–Kier alpha value is -6.84. The third kappa shape index (κ3) is 6.49. The molecule has 0 bridgehead atoms. The SMILES string of the molecule is Nc1c(-c2ccccc2-c2ccccc2)ccc(Nc2cccc(Nc3ccccc3-c3ccccc3)c2-c2ccccc2)c1-c1ccccc1. The Morgan fingerprint density at radius 1 is 0.255 bits per heavy atom. The van der Waals surface area contributed by atoms with Crippen molar-refractivity contribution in [1.29, 1.82) is 0 Å². The number of rotatable bonds is 9. The lowest BCUT2D eigenvalue weighted by Gasteiger charge is -2.22. The normalized spacial score (nSPS) is 10.8. The van der Waals surface area contributed by atoms with E-state index in [1.54, 1.807) is 0 Å². The second kappa shape index (κ2) is 14.3. The average molecular weight is 656 g/mol. The standard InChI is InChI=1S/C48H37N3/c49-48-41(40-28-14-13-26-38(40)34-18-5-1-6-19-34)32-33-45(47(48)37-24-11-4-12-25-37)51-44-31-17-30-43(46(44)36-22-9-3-10-23-36)50-42-29-16-15-27-39(42)35-20-7-2-8-21-35/h1-33,50-51H,49H2. The minimum atomic E-state index is 0.724. The molecule has 8 rings (SSSR count). The molecule has 51 heavy (non-hydrogen) atoms. The van der Waals surface area contributed by atoms with Gasteiger partial charge in [0.05, 0.1) is 0 Å². The highest BCUT2D eigenvalue weighted by Crippen LogP contribution is 2.46. The maximum Gasteiger partial charge on any atom is 0.0494 e.